The zero-order valence-corrected chi connectivity index (χ0v) is 18.9. The average Bonchev–Trinajstić information content (AvgIpc) is 3.30. The topological polar surface area (TPSA) is 99.6 Å². The number of carboxylic acid groups (broad SMARTS) is 1. The second-order valence-corrected chi connectivity index (χ2v) is 9.43. The highest BCUT2D eigenvalue weighted by molar-refractivity contribution is 5.89. The molecule has 0 aromatic heterocycles. The molecule has 2 rings (SSSR count). The lowest BCUT2D eigenvalue weighted by Crippen LogP contribution is -2.56. The van der Waals surface area contributed by atoms with E-state index in [1.807, 2.05) is 25.7 Å². The van der Waals surface area contributed by atoms with Gasteiger partial charge in [0.05, 0.1) is 25.8 Å². The lowest BCUT2D eigenvalue weighted by atomic mass is 9.96. The second kappa shape index (κ2) is 10.5. The van der Waals surface area contributed by atoms with Gasteiger partial charge in [-0.3, -0.25) is 19.4 Å². The third kappa shape index (κ3) is 7.52. The number of carbonyl (C=O) groups is 3. The molecule has 0 bridgehead atoms. The molecule has 0 unspecified atom stereocenters. The Bertz CT molecular complexity index is 608. The Labute approximate surface area is 179 Å². The van der Waals surface area contributed by atoms with Crippen LogP contribution in [-0.2, 0) is 19.1 Å². The van der Waals surface area contributed by atoms with E-state index >= 15 is 0 Å². The van der Waals surface area contributed by atoms with Crippen LogP contribution in [0, 0.1) is 5.92 Å². The summed E-state index contributed by atoms with van der Waals surface area (Å²) in [6, 6.07) is -0.701. The summed E-state index contributed by atoms with van der Waals surface area (Å²) in [6.07, 6.45) is 1.36. The number of nitrogens with zero attached hydrogens (tertiary/aromatic N) is 3. The van der Waals surface area contributed by atoms with Crippen molar-refractivity contribution < 1.29 is 29.0 Å². The maximum absolute atomic E-state index is 13.3. The Morgan fingerprint density at radius 3 is 2.17 bits per heavy atom. The monoisotopic (exact) mass is 427 g/mol. The van der Waals surface area contributed by atoms with E-state index in [-0.39, 0.29) is 24.7 Å². The highest BCUT2D eigenvalue weighted by atomic mass is 16.7. The van der Waals surface area contributed by atoms with Gasteiger partial charge in [-0.2, -0.15) is 0 Å². The predicted octanol–water partition coefficient (Wildman–Crippen LogP) is 1.66. The molecule has 0 radical (unpaired) electrons. The third-order valence-corrected chi connectivity index (χ3v) is 5.48. The number of hydrogen-bond donors (Lipinski definition) is 1. The Balaban J connectivity index is 2.12. The van der Waals surface area contributed by atoms with E-state index in [0.29, 0.717) is 38.6 Å². The number of rotatable bonds is 11. The lowest BCUT2D eigenvalue weighted by molar-refractivity contribution is -0.132. The third-order valence-electron chi connectivity index (χ3n) is 5.48. The van der Waals surface area contributed by atoms with Crippen LogP contribution >= 0.6 is 0 Å². The van der Waals surface area contributed by atoms with E-state index < -0.39 is 24.0 Å². The molecule has 1 heterocycles. The summed E-state index contributed by atoms with van der Waals surface area (Å²) in [7, 11) is 3.39. The molecule has 1 aliphatic heterocycles. The van der Waals surface area contributed by atoms with Crippen molar-refractivity contribution in [1.29, 1.82) is 0 Å². The number of carbonyl (C=O) groups excluding carboxylic acids is 2. The maximum atomic E-state index is 13.3. The molecule has 0 aromatic rings. The largest absolute Gasteiger partial charge is 0.465 e. The number of amides is 2. The summed E-state index contributed by atoms with van der Waals surface area (Å²) in [5.74, 6) is 0.222. The van der Waals surface area contributed by atoms with E-state index in [9.17, 15) is 19.5 Å². The van der Waals surface area contributed by atoms with Crippen molar-refractivity contribution in [1.82, 2.24) is 14.7 Å². The number of Topliss-reactive ketones (excluding diaryl/α,β-unsaturated/α-hetero) is 1. The van der Waals surface area contributed by atoms with E-state index in [2.05, 4.69) is 0 Å². The minimum atomic E-state index is -1.08. The van der Waals surface area contributed by atoms with Crippen LogP contribution in [0.4, 0.5) is 4.79 Å². The first-order valence-electron chi connectivity index (χ1n) is 10.7. The van der Waals surface area contributed by atoms with E-state index in [1.54, 1.807) is 14.1 Å². The maximum Gasteiger partial charge on any atom is 0.408 e. The van der Waals surface area contributed by atoms with Gasteiger partial charge in [0, 0.05) is 39.1 Å². The SMILES string of the molecule is CN(C)C(=O)CCN(CC(=O)[C@H](CC1CC1)N(C(=O)O)C(C)(C)C)CC1OCCO1. The number of hydrogen-bond acceptors (Lipinski definition) is 6. The summed E-state index contributed by atoms with van der Waals surface area (Å²) in [5.41, 5.74) is -0.690. The second-order valence-electron chi connectivity index (χ2n) is 9.43. The molecule has 2 aliphatic rings. The molecule has 2 fully saturated rings. The molecule has 172 valence electrons. The van der Waals surface area contributed by atoms with Crippen molar-refractivity contribution in [2.24, 2.45) is 5.92 Å². The van der Waals surface area contributed by atoms with Crippen LogP contribution in [0.1, 0.15) is 46.5 Å². The van der Waals surface area contributed by atoms with Gasteiger partial charge in [0.2, 0.25) is 5.91 Å². The minimum absolute atomic E-state index is 0.0305. The smallest absolute Gasteiger partial charge is 0.408 e. The quantitative estimate of drug-likeness (QED) is 0.535. The van der Waals surface area contributed by atoms with E-state index in [4.69, 9.17) is 9.47 Å². The van der Waals surface area contributed by atoms with Gasteiger partial charge < -0.3 is 19.5 Å². The van der Waals surface area contributed by atoms with E-state index in [1.165, 1.54) is 9.80 Å². The summed E-state index contributed by atoms with van der Waals surface area (Å²) >= 11 is 0. The molecule has 30 heavy (non-hydrogen) atoms. The molecule has 9 heteroatoms. The molecule has 1 aliphatic carbocycles. The van der Waals surface area contributed by atoms with Gasteiger partial charge in [-0.05, 0) is 33.1 Å². The molecule has 1 N–H and O–H groups in total. The molecule has 1 atom stereocenters. The van der Waals surface area contributed by atoms with Crippen LogP contribution in [0.5, 0.6) is 0 Å². The van der Waals surface area contributed by atoms with Crippen molar-refractivity contribution in [3.8, 4) is 0 Å². The van der Waals surface area contributed by atoms with Crippen LogP contribution in [0.3, 0.4) is 0 Å². The molecular formula is C21H37N3O6. The molecule has 0 spiro atoms. The average molecular weight is 428 g/mol. The van der Waals surface area contributed by atoms with E-state index in [0.717, 1.165) is 12.8 Å². The van der Waals surface area contributed by atoms with Gasteiger partial charge in [-0.15, -0.1) is 0 Å². The van der Waals surface area contributed by atoms with Gasteiger partial charge in [-0.1, -0.05) is 12.8 Å². The Kier molecular flexibility index (Phi) is 8.63. The summed E-state index contributed by atoms with van der Waals surface area (Å²) in [4.78, 5) is 42.1. The number of ether oxygens (including phenoxy) is 2. The van der Waals surface area contributed by atoms with Gasteiger partial charge in [0.25, 0.3) is 0 Å². The predicted molar refractivity (Wildman–Crippen MR) is 111 cm³/mol. The lowest BCUT2D eigenvalue weighted by Gasteiger charge is -2.39. The van der Waals surface area contributed by atoms with Crippen molar-refractivity contribution in [3.63, 3.8) is 0 Å². The van der Waals surface area contributed by atoms with Crippen LogP contribution < -0.4 is 0 Å². The Morgan fingerprint density at radius 1 is 1.10 bits per heavy atom. The van der Waals surface area contributed by atoms with Crippen molar-refractivity contribution >= 4 is 17.8 Å². The molecule has 0 aromatic carbocycles. The van der Waals surface area contributed by atoms with Crippen LogP contribution in [-0.4, -0.2) is 102 Å². The highest BCUT2D eigenvalue weighted by Crippen LogP contribution is 2.36. The zero-order chi connectivity index (χ0) is 22.5. The standard InChI is InChI=1S/C21H37N3O6/c1-21(2,3)24(20(27)28)16(12-15-6-7-15)17(25)13-23(9-8-18(26)22(4)5)14-19-29-10-11-30-19/h15-16,19H,6-14H2,1-5H3,(H,27,28)/t16-/m0/s1. The van der Waals surface area contributed by atoms with Crippen LogP contribution in [0.2, 0.25) is 0 Å². The van der Waals surface area contributed by atoms with Crippen LogP contribution in [0.15, 0.2) is 0 Å². The normalized spacial score (nSPS) is 18.5. The fourth-order valence-corrected chi connectivity index (χ4v) is 3.70. The first-order valence-corrected chi connectivity index (χ1v) is 10.7. The van der Waals surface area contributed by atoms with Gasteiger partial charge in [0.1, 0.15) is 0 Å². The fourth-order valence-electron chi connectivity index (χ4n) is 3.70. The molecule has 2 amide bonds. The molecule has 1 saturated carbocycles. The molecule has 9 nitrogen and oxygen atoms in total. The van der Waals surface area contributed by atoms with Crippen molar-refractivity contribution in [3.05, 3.63) is 0 Å². The summed E-state index contributed by atoms with van der Waals surface area (Å²) in [6.45, 7) is 7.23. The van der Waals surface area contributed by atoms with Crippen molar-refractivity contribution in [2.75, 3.05) is 46.9 Å². The van der Waals surface area contributed by atoms with Gasteiger partial charge >= 0.3 is 6.09 Å². The first kappa shape index (κ1) is 24.6. The van der Waals surface area contributed by atoms with Crippen LogP contribution in [0.25, 0.3) is 0 Å². The number of ketones is 1. The molecular weight excluding hydrogens is 390 g/mol. The van der Waals surface area contributed by atoms with Gasteiger partial charge in [0.15, 0.2) is 12.1 Å². The minimum Gasteiger partial charge on any atom is -0.465 e. The van der Waals surface area contributed by atoms with Gasteiger partial charge in [-0.25, -0.2) is 4.79 Å². The summed E-state index contributed by atoms with van der Waals surface area (Å²) in [5, 5.41) is 9.83. The highest BCUT2D eigenvalue weighted by Gasteiger charge is 2.41. The first-order chi connectivity index (χ1) is 14.0. The molecule has 1 saturated heterocycles. The fraction of sp³-hybridized carbons (Fsp3) is 0.857. The van der Waals surface area contributed by atoms with Crippen molar-refractivity contribution in [2.45, 2.75) is 64.3 Å². The Hall–Kier alpha value is -1.71. The summed E-state index contributed by atoms with van der Waals surface area (Å²) < 4.78 is 11.0. The Morgan fingerprint density at radius 2 is 1.70 bits per heavy atom. The zero-order valence-electron chi connectivity index (χ0n) is 18.9.